The second kappa shape index (κ2) is 23.8. The standard InChI is InChI=1S/C27H54O7/c1-7-13-15-17-25(31-19-23(9-3)29-11-5)21-33-27(28)34-22-26(18-16-14-8-2)32-20-24(10-4)30-12-6/h23-26H,7-22H2,1-6H3. The van der Waals surface area contributed by atoms with Gasteiger partial charge < -0.3 is 28.4 Å². The highest BCUT2D eigenvalue weighted by Gasteiger charge is 2.19. The van der Waals surface area contributed by atoms with Crippen molar-refractivity contribution < 1.29 is 33.2 Å². The summed E-state index contributed by atoms with van der Waals surface area (Å²) in [5.41, 5.74) is 0. The molecule has 0 saturated carbocycles. The number of hydrogen-bond acceptors (Lipinski definition) is 7. The molecule has 0 aliphatic rings. The maximum Gasteiger partial charge on any atom is 0.508 e. The average Bonchev–Trinajstić information content (AvgIpc) is 2.84. The van der Waals surface area contributed by atoms with E-state index in [1.165, 1.54) is 0 Å². The zero-order valence-corrected chi connectivity index (χ0v) is 23.0. The van der Waals surface area contributed by atoms with E-state index in [1.54, 1.807) is 0 Å². The van der Waals surface area contributed by atoms with Crippen LogP contribution in [0.4, 0.5) is 4.79 Å². The lowest BCUT2D eigenvalue weighted by molar-refractivity contribution is -0.0793. The van der Waals surface area contributed by atoms with Gasteiger partial charge in [-0.1, -0.05) is 66.2 Å². The van der Waals surface area contributed by atoms with Crippen LogP contribution in [0.2, 0.25) is 0 Å². The second-order valence-electron chi connectivity index (χ2n) is 8.75. The zero-order valence-electron chi connectivity index (χ0n) is 23.0. The zero-order chi connectivity index (χ0) is 25.4. The van der Waals surface area contributed by atoms with Crippen LogP contribution in [0.5, 0.6) is 0 Å². The maximum atomic E-state index is 12.3. The van der Waals surface area contributed by atoms with E-state index in [0.717, 1.165) is 64.2 Å². The lowest BCUT2D eigenvalue weighted by atomic mass is 10.1. The number of unbranched alkanes of at least 4 members (excludes halogenated alkanes) is 4. The van der Waals surface area contributed by atoms with Gasteiger partial charge in [-0.25, -0.2) is 4.79 Å². The van der Waals surface area contributed by atoms with Gasteiger partial charge in [-0.2, -0.15) is 0 Å². The van der Waals surface area contributed by atoms with Crippen molar-refractivity contribution in [3.05, 3.63) is 0 Å². The summed E-state index contributed by atoms with van der Waals surface area (Å²) < 4.78 is 34.3. The third-order valence-corrected chi connectivity index (χ3v) is 5.78. The van der Waals surface area contributed by atoms with Gasteiger partial charge in [0.2, 0.25) is 0 Å². The maximum absolute atomic E-state index is 12.3. The Kier molecular flexibility index (Phi) is 23.2. The fourth-order valence-corrected chi connectivity index (χ4v) is 3.56. The quantitative estimate of drug-likeness (QED) is 0.110. The molecule has 0 heterocycles. The lowest BCUT2D eigenvalue weighted by Gasteiger charge is -2.23. The van der Waals surface area contributed by atoms with Crippen molar-refractivity contribution in [2.75, 3.05) is 39.6 Å². The topological polar surface area (TPSA) is 72.5 Å². The molecule has 7 heteroatoms. The van der Waals surface area contributed by atoms with Crippen LogP contribution in [0.1, 0.15) is 106 Å². The smallest absolute Gasteiger partial charge is 0.432 e. The number of hydrogen-bond donors (Lipinski definition) is 0. The van der Waals surface area contributed by atoms with E-state index in [1.807, 2.05) is 13.8 Å². The van der Waals surface area contributed by atoms with Crippen LogP contribution in [-0.2, 0) is 28.4 Å². The third-order valence-electron chi connectivity index (χ3n) is 5.78. The lowest BCUT2D eigenvalue weighted by Crippen LogP contribution is -2.30. The van der Waals surface area contributed by atoms with Gasteiger partial charge in [0.25, 0.3) is 0 Å². The van der Waals surface area contributed by atoms with Crippen molar-refractivity contribution in [3.63, 3.8) is 0 Å². The van der Waals surface area contributed by atoms with Crippen molar-refractivity contribution in [2.45, 2.75) is 130 Å². The van der Waals surface area contributed by atoms with E-state index in [-0.39, 0.29) is 37.6 Å². The molecule has 0 bridgehead atoms. The molecule has 0 fully saturated rings. The Bertz CT molecular complexity index is 409. The van der Waals surface area contributed by atoms with E-state index in [0.29, 0.717) is 26.4 Å². The van der Waals surface area contributed by atoms with Gasteiger partial charge in [-0.15, -0.1) is 0 Å². The van der Waals surface area contributed by atoms with Gasteiger partial charge in [-0.05, 0) is 39.5 Å². The van der Waals surface area contributed by atoms with Gasteiger partial charge in [0, 0.05) is 13.2 Å². The van der Waals surface area contributed by atoms with Crippen LogP contribution < -0.4 is 0 Å². The third kappa shape index (κ3) is 18.4. The van der Waals surface area contributed by atoms with Gasteiger partial charge in [0.15, 0.2) is 0 Å². The molecule has 0 amide bonds. The average molecular weight is 491 g/mol. The normalized spacial score (nSPS) is 15.0. The molecule has 4 unspecified atom stereocenters. The Morgan fingerprint density at radius 2 is 0.941 bits per heavy atom. The molecule has 204 valence electrons. The van der Waals surface area contributed by atoms with Crippen LogP contribution in [0.3, 0.4) is 0 Å². The fraction of sp³-hybridized carbons (Fsp3) is 0.963. The van der Waals surface area contributed by atoms with Crippen molar-refractivity contribution in [1.82, 2.24) is 0 Å². The van der Waals surface area contributed by atoms with Gasteiger partial charge in [-0.3, -0.25) is 0 Å². The van der Waals surface area contributed by atoms with E-state index >= 15 is 0 Å². The molecule has 4 atom stereocenters. The summed E-state index contributed by atoms with van der Waals surface area (Å²) in [6.07, 6.45) is 9.24. The molecular weight excluding hydrogens is 436 g/mol. The predicted molar refractivity (Wildman–Crippen MR) is 136 cm³/mol. The molecule has 34 heavy (non-hydrogen) atoms. The summed E-state index contributed by atoms with van der Waals surface area (Å²) in [6.45, 7) is 15.2. The first kappa shape index (κ1) is 33.1. The van der Waals surface area contributed by atoms with Crippen molar-refractivity contribution in [1.29, 1.82) is 0 Å². The molecule has 0 saturated heterocycles. The van der Waals surface area contributed by atoms with Crippen LogP contribution in [0.25, 0.3) is 0 Å². The minimum atomic E-state index is -0.665. The molecule has 7 nitrogen and oxygen atoms in total. The van der Waals surface area contributed by atoms with Gasteiger partial charge >= 0.3 is 6.16 Å². The number of carbonyl (C=O) groups excluding carboxylic acids is 1. The molecule has 0 aromatic heterocycles. The minimum absolute atomic E-state index is 0.0651. The molecule has 0 spiro atoms. The first-order valence-electron chi connectivity index (χ1n) is 13.8. The summed E-state index contributed by atoms with van der Waals surface area (Å²) >= 11 is 0. The molecule has 0 radical (unpaired) electrons. The summed E-state index contributed by atoms with van der Waals surface area (Å²) in [5, 5.41) is 0. The number of rotatable bonds is 24. The van der Waals surface area contributed by atoms with Crippen LogP contribution in [0, 0.1) is 0 Å². The highest BCUT2D eigenvalue weighted by atomic mass is 16.7. The molecule has 0 aromatic rings. The minimum Gasteiger partial charge on any atom is -0.432 e. The molecule has 0 aliphatic carbocycles. The Labute approximate surface area is 209 Å². The Balaban J connectivity index is 4.60. The van der Waals surface area contributed by atoms with E-state index < -0.39 is 6.16 Å². The molecule has 0 rings (SSSR count). The van der Waals surface area contributed by atoms with E-state index in [9.17, 15) is 4.79 Å². The first-order valence-corrected chi connectivity index (χ1v) is 13.8. The summed E-state index contributed by atoms with van der Waals surface area (Å²) in [7, 11) is 0. The molecular formula is C27H54O7. The number of ether oxygens (including phenoxy) is 6. The Morgan fingerprint density at radius 1 is 0.529 bits per heavy atom. The van der Waals surface area contributed by atoms with Crippen LogP contribution in [0.15, 0.2) is 0 Å². The van der Waals surface area contributed by atoms with Crippen LogP contribution in [-0.4, -0.2) is 70.2 Å². The Morgan fingerprint density at radius 3 is 1.26 bits per heavy atom. The van der Waals surface area contributed by atoms with Crippen molar-refractivity contribution in [3.8, 4) is 0 Å². The van der Waals surface area contributed by atoms with Crippen molar-refractivity contribution >= 4 is 6.16 Å². The van der Waals surface area contributed by atoms with Gasteiger partial charge in [0.1, 0.15) is 13.2 Å². The highest BCUT2D eigenvalue weighted by molar-refractivity contribution is 5.59. The monoisotopic (exact) mass is 490 g/mol. The van der Waals surface area contributed by atoms with Gasteiger partial charge in [0.05, 0.1) is 37.6 Å². The van der Waals surface area contributed by atoms with Crippen molar-refractivity contribution in [2.24, 2.45) is 0 Å². The number of carbonyl (C=O) groups is 1. The largest absolute Gasteiger partial charge is 0.508 e. The fourth-order valence-electron chi connectivity index (χ4n) is 3.56. The molecule has 0 aromatic carbocycles. The van der Waals surface area contributed by atoms with E-state index in [2.05, 4.69) is 27.7 Å². The second-order valence-corrected chi connectivity index (χ2v) is 8.75. The van der Waals surface area contributed by atoms with E-state index in [4.69, 9.17) is 28.4 Å². The predicted octanol–water partition coefficient (Wildman–Crippen LogP) is 6.70. The first-order chi connectivity index (χ1) is 16.5. The molecule has 0 N–H and O–H groups in total. The molecule has 0 aliphatic heterocycles. The van der Waals surface area contributed by atoms with Crippen LogP contribution >= 0.6 is 0 Å². The highest BCUT2D eigenvalue weighted by Crippen LogP contribution is 2.12. The summed E-state index contributed by atoms with van der Waals surface area (Å²) in [5.74, 6) is 0. The summed E-state index contributed by atoms with van der Waals surface area (Å²) in [6, 6.07) is 0. The SMILES string of the molecule is CCCCCC(COC(=O)OCC(CCCCC)OCC(CC)OCC)OCC(CC)OCC. The summed E-state index contributed by atoms with van der Waals surface area (Å²) in [4.78, 5) is 12.3. The Hall–Kier alpha value is -0.890.